The number of urea groups is 1. The molecular weight excluding hydrogens is 360 g/mol. The van der Waals surface area contributed by atoms with Crippen LogP contribution in [0, 0.1) is 5.92 Å². The number of nitrogens with one attached hydrogen (secondary N) is 2. The fraction of sp³-hybridized carbons (Fsp3) is 0.556. The zero-order chi connectivity index (χ0) is 19.9. The SMILES string of the molecule is CCOC(=O)C[C@@](C)(NC(=O)Nc1cc(OC)c(Cl)cc1OC)C(C)C. The van der Waals surface area contributed by atoms with Gasteiger partial charge in [-0.25, -0.2) is 4.79 Å². The number of esters is 1. The minimum Gasteiger partial charge on any atom is -0.495 e. The van der Waals surface area contributed by atoms with Gasteiger partial charge in [0.05, 0.1) is 43.5 Å². The van der Waals surface area contributed by atoms with E-state index < -0.39 is 11.6 Å². The average Bonchev–Trinajstić information content (AvgIpc) is 2.55. The molecule has 0 aliphatic heterocycles. The van der Waals surface area contributed by atoms with Gasteiger partial charge in [0, 0.05) is 12.1 Å². The molecule has 2 N–H and O–H groups in total. The van der Waals surface area contributed by atoms with E-state index >= 15 is 0 Å². The molecule has 0 fully saturated rings. The van der Waals surface area contributed by atoms with E-state index in [1.807, 2.05) is 13.8 Å². The number of rotatable bonds is 8. The lowest BCUT2D eigenvalue weighted by molar-refractivity contribution is -0.145. The zero-order valence-corrected chi connectivity index (χ0v) is 16.8. The van der Waals surface area contributed by atoms with Crippen LogP contribution in [-0.2, 0) is 9.53 Å². The molecule has 0 spiro atoms. The molecule has 7 nitrogen and oxygen atoms in total. The minimum atomic E-state index is -0.778. The van der Waals surface area contributed by atoms with E-state index in [-0.39, 0.29) is 18.3 Å². The summed E-state index contributed by atoms with van der Waals surface area (Å²) in [5.74, 6) is 0.428. The van der Waals surface area contributed by atoms with Crippen LogP contribution in [0.1, 0.15) is 34.1 Å². The first-order valence-corrected chi connectivity index (χ1v) is 8.71. The van der Waals surface area contributed by atoms with Crippen molar-refractivity contribution in [1.29, 1.82) is 0 Å². The quantitative estimate of drug-likeness (QED) is 0.663. The maximum atomic E-state index is 12.5. The van der Waals surface area contributed by atoms with Crippen molar-refractivity contribution in [3.63, 3.8) is 0 Å². The van der Waals surface area contributed by atoms with Gasteiger partial charge < -0.3 is 24.8 Å². The second-order valence-corrected chi connectivity index (χ2v) is 6.73. The zero-order valence-electron chi connectivity index (χ0n) is 16.1. The summed E-state index contributed by atoms with van der Waals surface area (Å²) in [6.45, 7) is 7.68. The highest BCUT2D eigenvalue weighted by Gasteiger charge is 2.33. The lowest BCUT2D eigenvalue weighted by Crippen LogP contribution is -2.52. The predicted molar refractivity (Wildman–Crippen MR) is 101 cm³/mol. The Morgan fingerprint density at radius 3 is 2.31 bits per heavy atom. The van der Waals surface area contributed by atoms with Crippen molar-refractivity contribution < 1.29 is 23.8 Å². The molecule has 0 aliphatic carbocycles. The van der Waals surface area contributed by atoms with Gasteiger partial charge in [-0.2, -0.15) is 0 Å². The van der Waals surface area contributed by atoms with Crippen molar-refractivity contribution in [2.24, 2.45) is 5.92 Å². The average molecular weight is 387 g/mol. The number of hydrogen-bond acceptors (Lipinski definition) is 5. The number of hydrogen-bond donors (Lipinski definition) is 2. The summed E-state index contributed by atoms with van der Waals surface area (Å²) in [6, 6.07) is 2.64. The number of ether oxygens (including phenoxy) is 3. The summed E-state index contributed by atoms with van der Waals surface area (Å²) >= 11 is 6.07. The molecule has 2 amide bonds. The Bertz CT molecular complexity index is 651. The number of halogens is 1. The summed E-state index contributed by atoms with van der Waals surface area (Å²) in [6.07, 6.45) is 0.0625. The summed E-state index contributed by atoms with van der Waals surface area (Å²) in [7, 11) is 2.95. The van der Waals surface area contributed by atoms with E-state index in [1.54, 1.807) is 26.0 Å². The molecule has 0 aromatic heterocycles. The van der Waals surface area contributed by atoms with E-state index in [0.717, 1.165) is 0 Å². The first kappa shape index (κ1) is 21.9. The van der Waals surface area contributed by atoms with Crippen molar-refractivity contribution in [2.75, 3.05) is 26.1 Å². The fourth-order valence-corrected chi connectivity index (χ4v) is 2.51. The van der Waals surface area contributed by atoms with Gasteiger partial charge in [-0.15, -0.1) is 0 Å². The number of carbonyl (C=O) groups excluding carboxylic acids is 2. The summed E-state index contributed by atoms with van der Waals surface area (Å²) in [5, 5.41) is 5.93. The Morgan fingerprint density at radius 2 is 1.81 bits per heavy atom. The van der Waals surface area contributed by atoms with Crippen LogP contribution in [-0.4, -0.2) is 38.4 Å². The van der Waals surface area contributed by atoms with Gasteiger partial charge in [-0.3, -0.25) is 4.79 Å². The molecule has 26 heavy (non-hydrogen) atoms. The smallest absolute Gasteiger partial charge is 0.319 e. The molecule has 0 aliphatic rings. The fourth-order valence-electron chi connectivity index (χ4n) is 2.28. The van der Waals surface area contributed by atoms with Gasteiger partial charge in [-0.1, -0.05) is 25.4 Å². The number of carbonyl (C=O) groups is 2. The van der Waals surface area contributed by atoms with Crippen LogP contribution in [0.25, 0.3) is 0 Å². The third kappa shape index (κ3) is 5.69. The van der Waals surface area contributed by atoms with Crippen molar-refractivity contribution >= 4 is 29.3 Å². The van der Waals surface area contributed by atoms with Gasteiger partial charge in [0.2, 0.25) is 0 Å². The molecule has 1 aromatic carbocycles. The van der Waals surface area contributed by atoms with Gasteiger partial charge in [0.15, 0.2) is 0 Å². The molecule has 0 unspecified atom stereocenters. The normalized spacial score (nSPS) is 12.9. The van der Waals surface area contributed by atoms with Crippen molar-refractivity contribution in [1.82, 2.24) is 5.32 Å². The van der Waals surface area contributed by atoms with Gasteiger partial charge in [0.25, 0.3) is 0 Å². The van der Waals surface area contributed by atoms with Crippen LogP contribution >= 0.6 is 11.6 Å². The number of benzene rings is 1. The van der Waals surface area contributed by atoms with E-state index in [0.29, 0.717) is 28.8 Å². The molecule has 1 aromatic rings. The standard InChI is InChI=1S/C18H27ClN2O5/c1-7-26-16(22)10-18(4,11(2)3)21-17(23)20-13-9-14(24-5)12(19)8-15(13)25-6/h8-9,11H,7,10H2,1-6H3,(H2,20,21,23)/t18-/m1/s1. The number of amides is 2. The maximum absolute atomic E-state index is 12.5. The molecule has 0 bridgehead atoms. The lowest BCUT2D eigenvalue weighted by atomic mass is 9.85. The predicted octanol–water partition coefficient (Wildman–Crippen LogP) is 3.85. The summed E-state index contributed by atoms with van der Waals surface area (Å²) in [4.78, 5) is 24.4. The number of anilines is 1. The Morgan fingerprint density at radius 1 is 1.19 bits per heavy atom. The van der Waals surface area contributed by atoms with E-state index in [1.165, 1.54) is 14.2 Å². The molecule has 0 heterocycles. The third-order valence-electron chi connectivity index (χ3n) is 4.21. The van der Waals surface area contributed by atoms with Gasteiger partial charge >= 0.3 is 12.0 Å². The second kappa shape index (κ2) is 9.52. The summed E-state index contributed by atoms with van der Waals surface area (Å²) in [5.41, 5.74) is -0.381. The minimum absolute atomic E-state index is 0.000643. The Kier molecular flexibility index (Phi) is 8.02. The second-order valence-electron chi connectivity index (χ2n) is 6.32. The molecule has 146 valence electrons. The summed E-state index contributed by atoms with van der Waals surface area (Å²) < 4.78 is 15.4. The van der Waals surface area contributed by atoms with E-state index in [4.69, 9.17) is 25.8 Å². The number of methoxy groups -OCH3 is 2. The van der Waals surface area contributed by atoms with Crippen LogP contribution in [0.2, 0.25) is 5.02 Å². The van der Waals surface area contributed by atoms with E-state index in [2.05, 4.69) is 10.6 Å². The molecular formula is C18H27ClN2O5. The van der Waals surface area contributed by atoms with Crippen LogP contribution in [0.3, 0.4) is 0 Å². The third-order valence-corrected chi connectivity index (χ3v) is 4.51. The Labute approximate surface area is 159 Å². The van der Waals surface area contributed by atoms with Gasteiger partial charge in [-0.05, 0) is 19.8 Å². The highest BCUT2D eigenvalue weighted by Crippen LogP contribution is 2.36. The van der Waals surface area contributed by atoms with Crippen LogP contribution in [0.5, 0.6) is 11.5 Å². The van der Waals surface area contributed by atoms with Crippen molar-refractivity contribution in [3.8, 4) is 11.5 Å². The molecule has 0 saturated carbocycles. The van der Waals surface area contributed by atoms with Crippen LogP contribution in [0.15, 0.2) is 12.1 Å². The Hall–Kier alpha value is -2.15. The molecule has 1 atom stereocenters. The first-order valence-electron chi connectivity index (χ1n) is 8.33. The largest absolute Gasteiger partial charge is 0.495 e. The molecule has 1 rings (SSSR count). The molecule has 8 heteroatoms. The van der Waals surface area contributed by atoms with Crippen LogP contribution < -0.4 is 20.1 Å². The first-order chi connectivity index (χ1) is 12.2. The maximum Gasteiger partial charge on any atom is 0.319 e. The van der Waals surface area contributed by atoms with Crippen molar-refractivity contribution in [3.05, 3.63) is 17.2 Å². The molecule has 0 saturated heterocycles. The highest BCUT2D eigenvalue weighted by molar-refractivity contribution is 6.32. The topological polar surface area (TPSA) is 85.9 Å². The van der Waals surface area contributed by atoms with Gasteiger partial charge in [0.1, 0.15) is 11.5 Å². The van der Waals surface area contributed by atoms with E-state index in [9.17, 15) is 9.59 Å². The highest BCUT2D eigenvalue weighted by atomic mass is 35.5. The monoisotopic (exact) mass is 386 g/mol. The Balaban J connectivity index is 2.97. The van der Waals surface area contributed by atoms with Crippen molar-refractivity contribution in [2.45, 2.75) is 39.7 Å². The van der Waals surface area contributed by atoms with Crippen LogP contribution in [0.4, 0.5) is 10.5 Å². The molecule has 0 radical (unpaired) electrons. The lowest BCUT2D eigenvalue weighted by Gasteiger charge is -2.34.